The fourth-order valence-corrected chi connectivity index (χ4v) is 2.81. The van der Waals surface area contributed by atoms with Gasteiger partial charge in [0.2, 0.25) is 0 Å². The van der Waals surface area contributed by atoms with Gasteiger partial charge in [0.15, 0.2) is 0 Å². The van der Waals surface area contributed by atoms with Crippen LogP contribution >= 0.6 is 0 Å². The first-order valence-electron chi connectivity index (χ1n) is 9.51. The monoisotopic (exact) mass is 415 g/mol. The van der Waals surface area contributed by atoms with Crippen LogP contribution in [0.5, 0.6) is 5.75 Å². The Kier molecular flexibility index (Phi) is 6.90. The average molecular weight is 415 g/mol. The second-order valence-electron chi connectivity index (χ2n) is 6.85. The molecule has 0 fully saturated rings. The molecule has 0 bridgehead atoms. The number of hydrogen-bond donors (Lipinski definition) is 2. The van der Waals surface area contributed by atoms with Crippen LogP contribution in [0.3, 0.4) is 0 Å². The Labute approximate surface area is 179 Å². The van der Waals surface area contributed by atoms with Crippen molar-refractivity contribution in [2.45, 2.75) is 13.8 Å². The van der Waals surface area contributed by atoms with Gasteiger partial charge in [0.25, 0.3) is 0 Å². The number of anilines is 1. The Hall–Kier alpha value is -4.26. The molecule has 0 saturated carbocycles. The first kappa shape index (κ1) is 21.4. The van der Waals surface area contributed by atoms with E-state index >= 15 is 0 Å². The van der Waals surface area contributed by atoms with Gasteiger partial charge in [-0.3, -0.25) is 9.59 Å². The summed E-state index contributed by atoms with van der Waals surface area (Å²) in [5.74, 6) is -1.78. The average Bonchev–Trinajstić information content (AvgIpc) is 2.74. The Morgan fingerprint density at radius 1 is 0.839 bits per heavy atom. The third-order valence-electron chi connectivity index (χ3n) is 4.17. The van der Waals surface area contributed by atoms with Crippen LogP contribution < -0.4 is 15.5 Å². The maximum absolute atomic E-state index is 12.0. The molecule has 31 heavy (non-hydrogen) atoms. The van der Waals surface area contributed by atoms with Crippen LogP contribution in [0, 0.1) is 13.8 Å². The lowest BCUT2D eigenvalue weighted by atomic mass is 10.1. The van der Waals surface area contributed by atoms with Crippen LogP contribution in [0.25, 0.3) is 0 Å². The van der Waals surface area contributed by atoms with Crippen LogP contribution in [-0.4, -0.2) is 24.0 Å². The zero-order chi connectivity index (χ0) is 22.2. The number of carbonyl (C=O) groups excluding carboxylic acids is 3. The molecule has 3 rings (SSSR count). The van der Waals surface area contributed by atoms with Gasteiger partial charge >= 0.3 is 17.8 Å². The highest BCUT2D eigenvalue weighted by molar-refractivity contribution is 6.39. The predicted molar refractivity (Wildman–Crippen MR) is 118 cm³/mol. The van der Waals surface area contributed by atoms with Crippen molar-refractivity contribution >= 4 is 29.7 Å². The van der Waals surface area contributed by atoms with E-state index in [4.69, 9.17) is 4.74 Å². The molecule has 2 amide bonds. The van der Waals surface area contributed by atoms with E-state index in [1.807, 2.05) is 26.0 Å². The van der Waals surface area contributed by atoms with Crippen LogP contribution in [-0.2, 0) is 9.59 Å². The summed E-state index contributed by atoms with van der Waals surface area (Å²) in [6.45, 7) is 3.81. The lowest BCUT2D eigenvalue weighted by molar-refractivity contribution is -0.136. The molecule has 0 spiro atoms. The highest BCUT2D eigenvalue weighted by atomic mass is 16.5. The molecule has 156 valence electrons. The molecule has 0 saturated heterocycles. The van der Waals surface area contributed by atoms with Gasteiger partial charge in [-0.2, -0.15) is 5.10 Å². The highest BCUT2D eigenvalue weighted by Crippen LogP contribution is 2.14. The first-order chi connectivity index (χ1) is 14.9. The summed E-state index contributed by atoms with van der Waals surface area (Å²) in [6.07, 6.45) is 1.38. The van der Waals surface area contributed by atoms with Crippen molar-refractivity contribution in [1.82, 2.24) is 5.43 Å². The number of benzene rings is 3. The van der Waals surface area contributed by atoms with Crippen LogP contribution in [0.15, 0.2) is 77.9 Å². The van der Waals surface area contributed by atoms with Crippen LogP contribution in [0.4, 0.5) is 5.69 Å². The number of rotatable bonds is 5. The van der Waals surface area contributed by atoms with E-state index < -0.39 is 17.8 Å². The molecule has 0 aromatic heterocycles. The second-order valence-corrected chi connectivity index (χ2v) is 6.85. The zero-order valence-electron chi connectivity index (χ0n) is 17.1. The summed E-state index contributed by atoms with van der Waals surface area (Å²) in [6, 6.07) is 20.7. The van der Waals surface area contributed by atoms with Gasteiger partial charge in [0.1, 0.15) is 5.75 Å². The van der Waals surface area contributed by atoms with Gasteiger partial charge in [-0.05, 0) is 79.1 Å². The van der Waals surface area contributed by atoms with Crippen molar-refractivity contribution in [3.63, 3.8) is 0 Å². The number of esters is 1. The summed E-state index contributed by atoms with van der Waals surface area (Å²) in [7, 11) is 0. The Bertz CT molecular complexity index is 1100. The van der Waals surface area contributed by atoms with E-state index in [-0.39, 0.29) is 0 Å². The number of nitrogens with one attached hydrogen (secondary N) is 2. The van der Waals surface area contributed by atoms with E-state index in [9.17, 15) is 14.4 Å². The molecule has 3 aromatic rings. The van der Waals surface area contributed by atoms with E-state index in [0.717, 1.165) is 11.1 Å². The molecule has 0 atom stereocenters. The summed E-state index contributed by atoms with van der Waals surface area (Å²) in [5.41, 5.74) is 5.78. The number of hydrogen-bond acceptors (Lipinski definition) is 5. The maximum Gasteiger partial charge on any atom is 0.343 e. The normalized spacial score (nSPS) is 10.5. The molecule has 0 aliphatic heterocycles. The standard InChI is InChI=1S/C24H21N3O4/c1-16-12-17(2)14-20(13-16)26-22(28)23(29)27-25-15-18-8-10-21(11-9-18)31-24(30)19-6-4-3-5-7-19/h3-15H,1-2H3,(H,26,28)(H,27,29)/b25-15+. The van der Waals surface area contributed by atoms with E-state index in [2.05, 4.69) is 15.8 Å². The molecule has 0 aliphatic carbocycles. The minimum Gasteiger partial charge on any atom is -0.423 e. The first-order valence-corrected chi connectivity index (χ1v) is 9.51. The second kappa shape index (κ2) is 9.98. The van der Waals surface area contributed by atoms with E-state index in [1.165, 1.54) is 6.21 Å². The van der Waals surface area contributed by atoms with E-state index in [1.54, 1.807) is 60.7 Å². The van der Waals surface area contributed by atoms with Crippen molar-refractivity contribution in [2.75, 3.05) is 5.32 Å². The fourth-order valence-electron chi connectivity index (χ4n) is 2.81. The Balaban J connectivity index is 1.51. The molecular weight excluding hydrogens is 394 g/mol. The summed E-state index contributed by atoms with van der Waals surface area (Å²) in [4.78, 5) is 36.0. The van der Waals surface area contributed by atoms with Crippen molar-refractivity contribution < 1.29 is 19.1 Å². The van der Waals surface area contributed by atoms with E-state index in [0.29, 0.717) is 22.6 Å². The topological polar surface area (TPSA) is 96.9 Å². The van der Waals surface area contributed by atoms with Gasteiger partial charge < -0.3 is 10.1 Å². The molecule has 0 radical (unpaired) electrons. The molecule has 7 heteroatoms. The van der Waals surface area contributed by atoms with Crippen molar-refractivity contribution in [3.8, 4) is 5.75 Å². The highest BCUT2D eigenvalue weighted by Gasteiger charge is 2.13. The SMILES string of the molecule is Cc1cc(C)cc(NC(=O)C(=O)N/N=C/c2ccc(OC(=O)c3ccccc3)cc2)c1. The van der Waals surface area contributed by atoms with Crippen LogP contribution in [0.2, 0.25) is 0 Å². The van der Waals surface area contributed by atoms with Crippen molar-refractivity contribution in [3.05, 3.63) is 95.1 Å². The molecule has 7 nitrogen and oxygen atoms in total. The maximum atomic E-state index is 12.0. The number of nitrogens with zero attached hydrogens (tertiary/aromatic N) is 1. The Morgan fingerprint density at radius 2 is 1.48 bits per heavy atom. The molecule has 0 aliphatic rings. The molecule has 0 heterocycles. The van der Waals surface area contributed by atoms with Gasteiger partial charge in [-0.1, -0.05) is 24.3 Å². The minimum absolute atomic E-state index is 0.378. The molecule has 2 N–H and O–H groups in total. The minimum atomic E-state index is -0.885. The third-order valence-corrected chi connectivity index (χ3v) is 4.17. The quantitative estimate of drug-likeness (QED) is 0.219. The van der Waals surface area contributed by atoms with Crippen molar-refractivity contribution in [2.24, 2.45) is 5.10 Å². The smallest absolute Gasteiger partial charge is 0.343 e. The molecular formula is C24H21N3O4. The lowest BCUT2D eigenvalue weighted by Gasteiger charge is -2.06. The number of ether oxygens (including phenoxy) is 1. The lowest BCUT2D eigenvalue weighted by Crippen LogP contribution is -2.32. The van der Waals surface area contributed by atoms with Gasteiger partial charge in [-0.25, -0.2) is 10.2 Å². The van der Waals surface area contributed by atoms with Crippen LogP contribution in [0.1, 0.15) is 27.0 Å². The number of amides is 2. The fraction of sp³-hybridized carbons (Fsp3) is 0.0833. The Morgan fingerprint density at radius 3 is 2.13 bits per heavy atom. The zero-order valence-corrected chi connectivity index (χ0v) is 17.1. The molecule has 0 unspecified atom stereocenters. The van der Waals surface area contributed by atoms with Gasteiger partial charge in [0, 0.05) is 5.69 Å². The third kappa shape index (κ3) is 6.37. The molecule has 3 aromatic carbocycles. The summed E-state index contributed by atoms with van der Waals surface area (Å²) in [5, 5.41) is 6.32. The van der Waals surface area contributed by atoms with Crippen molar-refractivity contribution in [1.29, 1.82) is 0 Å². The predicted octanol–water partition coefficient (Wildman–Crippen LogP) is 3.61. The number of hydrazone groups is 1. The van der Waals surface area contributed by atoms with Gasteiger partial charge in [0.05, 0.1) is 11.8 Å². The van der Waals surface area contributed by atoms with Gasteiger partial charge in [-0.15, -0.1) is 0 Å². The number of aryl methyl sites for hydroxylation is 2. The summed E-state index contributed by atoms with van der Waals surface area (Å²) < 4.78 is 5.30. The largest absolute Gasteiger partial charge is 0.423 e. The summed E-state index contributed by atoms with van der Waals surface area (Å²) >= 11 is 0. The number of carbonyl (C=O) groups is 3.